The number of hydrogen-bond donors (Lipinski definition) is 0. The summed E-state index contributed by atoms with van der Waals surface area (Å²) in [4.78, 5) is 0. The van der Waals surface area contributed by atoms with E-state index in [0.29, 0.717) is 6.42 Å². The minimum atomic E-state index is -2.93. The minimum Gasteiger partial charge on any atom is -0.206 e. The van der Waals surface area contributed by atoms with E-state index >= 15 is 0 Å². The average molecular weight is 166 g/mol. The van der Waals surface area contributed by atoms with Gasteiger partial charge in [-0.2, -0.15) is 0 Å². The zero-order valence-electron chi connectivity index (χ0n) is 6.62. The predicted octanol–water partition coefficient (Wildman–Crippen LogP) is 3.69. The van der Waals surface area contributed by atoms with Gasteiger partial charge in [0, 0.05) is 0 Å². The summed E-state index contributed by atoms with van der Waals surface area (Å²) in [7, 11) is 0. The molecule has 0 N–H and O–H groups in total. The van der Waals surface area contributed by atoms with Gasteiger partial charge in [0.15, 0.2) is 5.83 Å². The van der Waals surface area contributed by atoms with Gasteiger partial charge in [-0.1, -0.05) is 19.8 Å². The number of hydrogen-bond acceptors (Lipinski definition) is 0. The Kier molecular flexibility index (Phi) is 5.99. The fraction of sp³-hybridized carbons (Fsp3) is 0.750. The summed E-state index contributed by atoms with van der Waals surface area (Å²) >= 11 is 0. The van der Waals surface area contributed by atoms with E-state index in [9.17, 15) is 13.2 Å². The number of halogens is 3. The highest BCUT2D eigenvalue weighted by atomic mass is 19.3. The third kappa shape index (κ3) is 5.95. The Morgan fingerprint density at radius 2 is 2.00 bits per heavy atom. The molecular formula is C8H13F3. The SMILES string of the molecule is CCCCCC=C(F)C(F)F. The molecule has 66 valence electrons. The maximum absolute atomic E-state index is 12.1. The van der Waals surface area contributed by atoms with Gasteiger partial charge < -0.3 is 0 Å². The monoisotopic (exact) mass is 166 g/mol. The molecule has 0 unspecified atom stereocenters. The molecule has 0 aromatic carbocycles. The Morgan fingerprint density at radius 3 is 2.45 bits per heavy atom. The van der Waals surface area contributed by atoms with Crippen molar-refractivity contribution in [2.45, 2.75) is 39.0 Å². The van der Waals surface area contributed by atoms with E-state index in [1.54, 1.807) is 0 Å². The third-order valence-corrected chi connectivity index (χ3v) is 1.36. The Morgan fingerprint density at radius 1 is 1.36 bits per heavy atom. The molecule has 0 aliphatic heterocycles. The molecule has 0 spiro atoms. The second-order valence-corrected chi connectivity index (χ2v) is 2.39. The molecule has 0 bridgehead atoms. The fourth-order valence-corrected chi connectivity index (χ4v) is 0.723. The molecule has 0 aromatic heterocycles. The third-order valence-electron chi connectivity index (χ3n) is 1.36. The lowest BCUT2D eigenvalue weighted by atomic mass is 10.2. The van der Waals surface area contributed by atoms with Crippen molar-refractivity contribution in [2.75, 3.05) is 0 Å². The van der Waals surface area contributed by atoms with Gasteiger partial charge in [-0.25, -0.2) is 13.2 Å². The molecule has 0 radical (unpaired) electrons. The van der Waals surface area contributed by atoms with Crippen LogP contribution in [0.4, 0.5) is 13.2 Å². The zero-order valence-corrected chi connectivity index (χ0v) is 6.62. The van der Waals surface area contributed by atoms with Crippen LogP contribution in [0.2, 0.25) is 0 Å². The van der Waals surface area contributed by atoms with E-state index in [1.165, 1.54) is 0 Å². The predicted molar refractivity (Wildman–Crippen MR) is 39.3 cm³/mol. The first-order valence-corrected chi connectivity index (χ1v) is 3.82. The fourth-order valence-electron chi connectivity index (χ4n) is 0.723. The smallest absolute Gasteiger partial charge is 0.206 e. The Bertz CT molecular complexity index is 119. The van der Waals surface area contributed by atoms with Crippen molar-refractivity contribution in [3.63, 3.8) is 0 Å². The number of rotatable bonds is 5. The van der Waals surface area contributed by atoms with Crippen LogP contribution in [0.15, 0.2) is 11.9 Å². The molecule has 0 rings (SSSR count). The van der Waals surface area contributed by atoms with E-state index in [0.717, 1.165) is 25.3 Å². The molecule has 0 saturated carbocycles. The second-order valence-electron chi connectivity index (χ2n) is 2.39. The van der Waals surface area contributed by atoms with E-state index < -0.39 is 12.3 Å². The Labute approximate surface area is 65.1 Å². The normalized spacial score (nSPS) is 12.6. The molecular weight excluding hydrogens is 153 g/mol. The van der Waals surface area contributed by atoms with Gasteiger partial charge in [0.1, 0.15) is 0 Å². The summed E-state index contributed by atoms with van der Waals surface area (Å²) in [5.74, 6) is -1.29. The lowest BCUT2D eigenvalue weighted by molar-refractivity contribution is 0.158. The largest absolute Gasteiger partial charge is 0.289 e. The van der Waals surface area contributed by atoms with E-state index in [4.69, 9.17) is 0 Å². The number of unbranched alkanes of at least 4 members (excludes halogenated alkanes) is 3. The molecule has 0 amide bonds. The van der Waals surface area contributed by atoms with Crippen molar-refractivity contribution >= 4 is 0 Å². The van der Waals surface area contributed by atoms with Crippen molar-refractivity contribution in [1.29, 1.82) is 0 Å². The first-order valence-electron chi connectivity index (χ1n) is 3.82. The van der Waals surface area contributed by atoms with Crippen LogP contribution in [-0.4, -0.2) is 6.43 Å². The van der Waals surface area contributed by atoms with Gasteiger partial charge in [-0.3, -0.25) is 0 Å². The number of alkyl halides is 2. The van der Waals surface area contributed by atoms with Gasteiger partial charge in [0.2, 0.25) is 0 Å². The summed E-state index contributed by atoms with van der Waals surface area (Å²) in [5, 5.41) is 0. The quantitative estimate of drug-likeness (QED) is 0.546. The van der Waals surface area contributed by atoms with Crippen molar-refractivity contribution in [3.8, 4) is 0 Å². The van der Waals surface area contributed by atoms with Crippen molar-refractivity contribution in [2.24, 2.45) is 0 Å². The molecule has 0 aromatic rings. The highest BCUT2D eigenvalue weighted by Gasteiger charge is 2.07. The lowest BCUT2D eigenvalue weighted by Gasteiger charge is -1.94. The van der Waals surface area contributed by atoms with Crippen LogP contribution in [0.1, 0.15) is 32.6 Å². The Balaban J connectivity index is 3.40. The van der Waals surface area contributed by atoms with Crippen LogP contribution in [0.3, 0.4) is 0 Å². The lowest BCUT2D eigenvalue weighted by Crippen LogP contribution is -1.89. The van der Waals surface area contributed by atoms with Gasteiger partial charge in [0.05, 0.1) is 0 Å². The van der Waals surface area contributed by atoms with E-state index in [2.05, 4.69) is 0 Å². The second kappa shape index (κ2) is 6.25. The van der Waals surface area contributed by atoms with Crippen molar-refractivity contribution in [1.82, 2.24) is 0 Å². The molecule has 11 heavy (non-hydrogen) atoms. The summed E-state index contributed by atoms with van der Waals surface area (Å²) in [6.07, 6.45) is 1.23. The topological polar surface area (TPSA) is 0 Å². The summed E-state index contributed by atoms with van der Waals surface area (Å²) in [6, 6.07) is 0. The van der Waals surface area contributed by atoms with Crippen LogP contribution in [0, 0.1) is 0 Å². The molecule has 0 nitrogen and oxygen atoms in total. The maximum Gasteiger partial charge on any atom is 0.289 e. The van der Waals surface area contributed by atoms with Crippen LogP contribution in [0.5, 0.6) is 0 Å². The van der Waals surface area contributed by atoms with Crippen LogP contribution < -0.4 is 0 Å². The summed E-state index contributed by atoms with van der Waals surface area (Å²) in [5.41, 5.74) is 0. The summed E-state index contributed by atoms with van der Waals surface area (Å²) < 4.78 is 35.1. The minimum absolute atomic E-state index is 0.421. The van der Waals surface area contributed by atoms with E-state index in [1.807, 2.05) is 6.92 Å². The van der Waals surface area contributed by atoms with Gasteiger partial charge >= 0.3 is 0 Å². The molecule has 0 fully saturated rings. The highest BCUT2D eigenvalue weighted by Crippen LogP contribution is 2.11. The highest BCUT2D eigenvalue weighted by molar-refractivity contribution is 4.93. The van der Waals surface area contributed by atoms with Crippen molar-refractivity contribution in [3.05, 3.63) is 11.9 Å². The molecule has 0 aliphatic rings. The molecule has 0 aliphatic carbocycles. The molecule has 0 saturated heterocycles. The van der Waals surface area contributed by atoms with Gasteiger partial charge in [0.25, 0.3) is 6.43 Å². The maximum atomic E-state index is 12.1. The number of allylic oxidation sites excluding steroid dienone is 2. The van der Waals surface area contributed by atoms with Gasteiger partial charge in [-0.05, 0) is 18.9 Å². The average Bonchev–Trinajstić information content (AvgIpc) is 1.97. The standard InChI is InChI=1S/C8H13F3/c1-2-3-4-5-6-7(9)8(10)11/h6,8H,2-5H2,1H3. The first kappa shape index (κ1) is 10.5. The zero-order chi connectivity index (χ0) is 8.69. The van der Waals surface area contributed by atoms with Gasteiger partial charge in [-0.15, -0.1) is 0 Å². The summed E-state index contributed by atoms with van der Waals surface area (Å²) in [6.45, 7) is 2.01. The molecule has 0 heterocycles. The Hall–Kier alpha value is -0.470. The van der Waals surface area contributed by atoms with Crippen LogP contribution in [0.25, 0.3) is 0 Å². The first-order chi connectivity index (χ1) is 5.18. The van der Waals surface area contributed by atoms with Crippen molar-refractivity contribution < 1.29 is 13.2 Å². The van der Waals surface area contributed by atoms with E-state index in [-0.39, 0.29) is 0 Å². The van der Waals surface area contributed by atoms with Crippen LogP contribution >= 0.6 is 0 Å². The molecule has 0 atom stereocenters. The van der Waals surface area contributed by atoms with Crippen LogP contribution in [-0.2, 0) is 0 Å². The molecule has 3 heteroatoms.